The molecular formula is C11H19N3S2. The first-order chi connectivity index (χ1) is 7.86. The fourth-order valence-corrected chi connectivity index (χ4v) is 2.31. The minimum absolute atomic E-state index is 0.847. The Morgan fingerprint density at radius 1 is 1.50 bits per heavy atom. The van der Waals surface area contributed by atoms with Gasteiger partial charge in [-0.05, 0) is 29.9 Å². The number of nitrogens with zero attached hydrogens (tertiary/aromatic N) is 1. The second-order valence-electron chi connectivity index (χ2n) is 3.28. The van der Waals surface area contributed by atoms with Crippen LogP contribution in [0, 0.1) is 0 Å². The molecule has 1 rings (SSSR count). The van der Waals surface area contributed by atoms with Gasteiger partial charge >= 0.3 is 0 Å². The zero-order valence-corrected chi connectivity index (χ0v) is 11.5. The van der Waals surface area contributed by atoms with E-state index in [2.05, 4.69) is 39.4 Å². The summed E-state index contributed by atoms with van der Waals surface area (Å²) in [7, 11) is 1.80. The molecule has 0 bridgehead atoms. The van der Waals surface area contributed by atoms with E-state index in [1.807, 2.05) is 11.8 Å². The van der Waals surface area contributed by atoms with E-state index in [9.17, 15) is 0 Å². The van der Waals surface area contributed by atoms with E-state index in [1.54, 1.807) is 18.4 Å². The van der Waals surface area contributed by atoms with Crippen molar-refractivity contribution >= 4 is 29.1 Å². The highest BCUT2D eigenvalue weighted by Gasteiger charge is 1.97. The Morgan fingerprint density at radius 2 is 2.38 bits per heavy atom. The molecule has 1 aromatic heterocycles. The molecule has 0 amide bonds. The first-order valence-electron chi connectivity index (χ1n) is 5.32. The Hall–Kier alpha value is -0.680. The molecule has 3 nitrogen and oxygen atoms in total. The van der Waals surface area contributed by atoms with Crippen molar-refractivity contribution in [3.63, 3.8) is 0 Å². The highest BCUT2D eigenvalue weighted by Crippen LogP contribution is 2.06. The van der Waals surface area contributed by atoms with Crippen LogP contribution in [0.4, 0.5) is 0 Å². The van der Waals surface area contributed by atoms with Gasteiger partial charge in [-0.1, -0.05) is 6.07 Å². The molecule has 1 aromatic rings. The normalized spacial score (nSPS) is 11.5. The highest BCUT2D eigenvalue weighted by molar-refractivity contribution is 7.98. The molecule has 0 atom stereocenters. The van der Waals surface area contributed by atoms with Crippen LogP contribution in [0.5, 0.6) is 0 Å². The molecule has 0 aliphatic heterocycles. The standard InChI is InChI=1S/C11H19N3S2/c1-12-11(13-6-4-7-15-2)14-9-10-5-3-8-16-10/h3,5,8H,4,6-7,9H2,1-2H3,(H2,12,13,14). The number of nitrogens with one attached hydrogen (secondary N) is 2. The Kier molecular flexibility index (Phi) is 7.09. The van der Waals surface area contributed by atoms with Crippen molar-refractivity contribution in [3.8, 4) is 0 Å². The summed E-state index contributed by atoms with van der Waals surface area (Å²) in [6.45, 7) is 1.82. The third-order valence-electron chi connectivity index (χ3n) is 2.05. The van der Waals surface area contributed by atoms with Crippen LogP contribution in [-0.2, 0) is 6.54 Å². The van der Waals surface area contributed by atoms with E-state index in [0.29, 0.717) is 0 Å². The van der Waals surface area contributed by atoms with Gasteiger partial charge in [0, 0.05) is 18.5 Å². The third kappa shape index (κ3) is 5.42. The van der Waals surface area contributed by atoms with E-state index < -0.39 is 0 Å². The summed E-state index contributed by atoms with van der Waals surface area (Å²) in [4.78, 5) is 5.50. The summed E-state index contributed by atoms with van der Waals surface area (Å²) in [6, 6.07) is 4.19. The lowest BCUT2D eigenvalue weighted by atomic mass is 10.4. The molecule has 0 aromatic carbocycles. The third-order valence-corrected chi connectivity index (χ3v) is 3.62. The summed E-state index contributed by atoms with van der Waals surface area (Å²) >= 11 is 3.63. The van der Waals surface area contributed by atoms with Gasteiger partial charge in [0.15, 0.2) is 5.96 Å². The molecular weight excluding hydrogens is 238 g/mol. The molecule has 0 radical (unpaired) electrons. The van der Waals surface area contributed by atoms with Crippen molar-refractivity contribution < 1.29 is 0 Å². The maximum Gasteiger partial charge on any atom is 0.191 e. The lowest BCUT2D eigenvalue weighted by Gasteiger charge is -2.10. The van der Waals surface area contributed by atoms with Crippen LogP contribution in [0.15, 0.2) is 22.5 Å². The number of rotatable bonds is 6. The fraction of sp³-hybridized carbons (Fsp3) is 0.545. The van der Waals surface area contributed by atoms with Crippen LogP contribution in [-0.4, -0.2) is 31.6 Å². The van der Waals surface area contributed by atoms with Crippen LogP contribution in [0.3, 0.4) is 0 Å². The Bertz CT molecular complexity index is 296. The van der Waals surface area contributed by atoms with Gasteiger partial charge in [0.05, 0.1) is 6.54 Å². The van der Waals surface area contributed by atoms with E-state index in [4.69, 9.17) is 0 Å². The van der Waals surface area contributed by atoms with E-state index in [1.165, 1.54) is 17.1 Å². The predicted molar refractivity (Wildman–Crippen MR) is 75.5 cm³/mol. The summed E-state index contributed by atoms with van der Waals surface area (Å²) in [5.41, 5.74) is 0. The van der Waals surface area contributed by atoms with Crippen molar-refractivity contribution in [2.45, 2.75) is 13.0 Å². The molecule has 0 aliphatic carbocycles. The Balaban J connectivity index is 2.17. The molecule has 16 heavy (non-hydrogen) atoms. The average Bonchev–Trinajstić information content (AvgIpc) is 2.81. The molecule has 5 heteroatoms. The molecule has 0 saturated heterocycles. The van der Waals surface area contributed by atoms with Gasteiger partial charge in [-0.15, -0.1) is 11.3 Å². The van der Waals surface area contributed by atoms with E-state index in [0.717, 1.165) is 19.0 Å². The molecule has 2 N–H and O–H groups in total. The summed E-state index contributed by atoms with van der Waals surface area (Å²) in [5, 5.41) is 8.68. The Morgan fingerprint density at radius 3 is 3.00 bits per heavy atom. The molecule has 0 aliphatic rings. The maximum atomic E-state index is 4.18. The number of thiophene rings is 1. The molecule has 90 valence electrons. The van der Waals surface area contributed by atoms with E-state index >= 15 is 0 Å². The zero-order chi connectivity index (χ0) is 11.6. The summed E-state index contributed by atoms with van der Waals surface area (Å²) in [5.74, 6) is 2.07. The summed E-state index contributed by atoms with van der Waals surface area (Å²) in [6.07, 6.45) is 3.30. The minimum atomic E-state index is 0.847. The van der Waals surface area contributed by atoms with Crippen LogP contribution in [0.1, 0.15) is 11.3 Å². The van der Waals surface area contributed by atoms with Crippen LogP contribution in [0.25, 0.3) is 0 Å². The summed E-state index contributed by atoms with van der Waals surface area (Å²) < 4.78 is 0. The second-order valence-corrected chi connectivity index (χ2v) is 5.30. The first kappa shape index (κ1) is 13.4. The quantitative estimate of drug-likeness (QED) is 0.466. The lowest BCUT2D eigenvalue weighted by molar-refractivity contribution is 0.790. The first-order valence-corrected chi connectivity index (χ1v) is 7.60. The number of guanidine groups is 1. The monoisotopic (exact) mass is 257 g/mol. The number of aliphatic imine (C=N–C) groups is 1. The topological polar surface area (TPSA) is 36.4 Å². The number of hydrogen-bond donors (Lipinski definition) is 2. The zero-order valence-electron chi connectivity index (χ0n) is 9.82. The van der Waals surface area contributed by atoms with Crippen molar-refractivity contribution in [2.24, 2.45) is 4.99 Å². The molecule has 0 unspecified atom stereocenters. The van der Waals surface area contributed by atoms with Crippen molar-refractivity contribution in [1.29, 1.82) is 0 Å². The average molecular weight is 257 g/mol. The van der Waals surface area contributed by atoms with Gasteiger partial charge in [-0.25, -0.2) is 0 Å². The number of hydrogen-bond acceptors (Lipinski definition) is 3. The molecule has 0 spiro atoms. The van der Waals surface area contributed by atoms with Crippen LogP contribution < -0.4 is 10.6 Å². The van der Waals surface area contributed by atoms with Crippen LogP contribution in [0.2, 0.25) is 0 Å². The largest absolute Gasteiger partial charge is 0.356 e. The van der Waals surface area contributed by atoms with Crippen molar-refractivity contribution in [1.82, 2.24) is 10.6 Å². The highest BCUT2D eigenvalue weighted by atomic mass is 32.2. The van der Waals surface area contributed by atoms with Gasteiger partial charge in [-0.2, -0.15) is 11.8 Å². The SMILES string of the molecule is CN=C(NCCCSC)NCc1cccs1. The van der Waals surface area contributed by atoms with Gasteiger partial charge < -0.3 is 10.6 Å². The van der Waals surface area contributed by atoms with Crippen LogP contribution >= 0.6 is 23.1 Å². The second kappa shape index (κ2) is 8.47. The van der Waals surface area contributed by atoms with Gasteiger partial charge in [-0.3, -0.25) is 4.99 Å². The van der Waals surface area contributed by atoms with Gasteiger partial charge in [0.2, 0.25) is 0 Å². The van der Waals surface area contributed by atoms with Crippen molar-refractivity contribution in [2.75, 3.05) is 25.6 Å². The van der Waals surface area contributed by atoms with Crippen molar-refractivity contribution in [3.05, 3.63) is 22.4 Å². The minimum Gasteiger partial charge on any atom is -0.356 e. The molecule has 0 saturated carbocycles. The fourth-order valence-electron chi connectivity index (χ4n) is 1.23. The van der Waals surface area contributed by atoms with E-state index in [-0.39, 0.29) is 0 Å². The maximum absolute atomic E-state index is 4.18. The Labute approximate surface area is 106 Å². The smallest absolute Gasteiger partial charge is 0.191 e. The lowest BCUT2D eigenvalue weighted by Crippen LogP contribution is -2.37. The van der Waals surface area contributed by atoms with Gasteiger partial charge in [0.1, 0.15) is 0 Å². The molecule has 1 heterocycles. The molecule has 0 fully saturated rings. The van der Waals surface area contributed by atoms with Gasteiger partial charge in [0.25, 0.3) is 0 Å². The number of thioether (sulfide) groups is 1. The predicted octanol–water partition coefficient (Wildman–Crippen LogP) is 2.17.